The van der Waals surface area contributed by atoms with Gasteiger partial charge < -0.3 is 0 Å². The van der Waals surface area contributed by atoms with Crippen molar-refractivity contribution < 1.29 is 9.59 Å². The predicted octanol–water partition coefficient (Wildman–Crippen LogP) is 1.85. The van der Waals surface area contributed by atoms with Gasteiger partial charge in [-0.05, 0) is 17.7 Å². The van der Waals surface area contributed by atoms with Gasteiger partial charge in [0.15, 0.2) is 0 Å². The number of hydrogen-bond donors (Lipinski definition) is 1. The van der Waals surface area contributed by atoms with E-state index in [1.54, 1.807) is 24.3 Å². The first-order valence-corrected chi connectivity index (χ1v) is 6.02. The molecule has 4 heteroatoms. The van der Waals surface area contributed by atoms with Crippen molar-refractivity contribution in [3.63, 3.8) is 0 Å². The normalized spacial score (nSPS) is 18.5. The molecule has 3 rings (SSSR count). The number of anilines is 1. The van der Waals surface area contributed by atoms with Gasteiger partial charge in [-0.1, -0.05) is 48.5 Å². The second-order valence-electron chi connectivity index (χ2n) is 4.33. The Morgan fingerprint density at radius 3 is 2.05 bits per heavy atom. The zero-order valence-electron chi connectivity index (χ0n) is 10.1. The van der Waals surface area contributed by atoms with E-state index in [0.29, 0.717) is 11.3 Å². The third-order valence-corrected chi connectivity index (χ3v) is 3.10. The summed E-state index contributed by atoms with van der Waals surface area (Å²) in [6.45, 7) is 0. The molecule has 1 aliphatic heterocycles. The van der Waals surface area contributed by atoms with Gasteiger partial charge in [-0.15, -0.1) is 0 Å². The highest BCUT2D eigenvalue weighted by molar-refractivity contribution is 6.18. The van der Waals surface area contributed by atoms with Gasteiger partial charge in [0.1, 0.15) is 5.92 Å². The Morgan fingerprint density at radius 1 is 0.842 bits per heavy atom. The molecule has 0 bridgehead atoms. The lowest BCUT2D eigenvalue weighted by molar-refractivity contribution is -0.124. The van der Waals surface area contributed by atoms with Gasteiger partial charge in [0.25, 0.3) is 11.8 Å². The van der Waals surface area contributed by atoms with Crippen LogP contribution >= 0.6 is 0 Å². The first-order valence-electron chi connectivity index (χ1n) is 6.02. The van der Waals surface area contributed by atoms with Crippen molar-refractivity contribution in [1.29, 1.82) is 0 Å². The van der Waals surface area contributed by atoms with E-state index in [1.165, 1.54) is 5.01 Å². The van der Waals surface area contributed by atoms with Crippen molar-refractivity contribution in [3.05, 3.63) is 66.2 Å². The number of nitrogens with one attached hydrogen (secondary N) is 1. The summed E-state index contributed by atoms with van der Waals surface area (Å²) in [6.07, 6.45) is 0. The number of carbonyl (C=O) groups is 2. The molecule has 1 heterocycles. The summed E-state index contributed by atoms with van der Waals surface area (Å²) in [6, 6.07) is 18.2. The maximum absolute atomic E-state index is 12.4. The van der Waals surface area contributed by atoms with Crippen molar-refractivity contribution in [2.75, 3.05) is 5.01 Å². The van der Waals surface area contributed by atoms with Crippen molar-refractivity contribution >= 4 is 17.5 Å². The second-order valence-corrected chi connectivity index (χ2v) is 4.33. The van der Waals surface area contributed by atoms with Gasteiger partial charge >= 0.3 is 0 Å². The lowest BCUT2D eigenvalue weighted by atomic mass is 9.99. The lowest BCUT2D eigenvalue weighted by Crippen LogP contribution is -2.35. The molecule has 0 spiro atoms. The van der Waals surface area contributed by atoms with Crippen LogP contribution in [0, 0.1) is 0 Å². The number of nitrogens with zero attached hydrogens (tertiary/aromatic N) is 1. The summed E-state index contributed by atoms with van der Waals surface area (Å²) in [5, 5.41) is 1.31. The summed E-state index contributed by atoms with van der Waals surface area (Å²) in [5.41, 5.74) is 3.99. The first kappa shape index (κ1) is 11.5. The molecule has 0 unspecified atom stereocenters. The van der Waals surface area contributed by atoms with Gasteiger partial charge in [-0.3, -0.25) is 15.0 Å². The van der Waals surface area contributed by atoms with Crippen LogP contribution in [0.2, 0.25) is 0 Å². The van der Waals surface area contributed by atoms with Crippen LogP contribution in [0.5, 0.6) is 0 Å². The molecule has 1 atom stereocenters. The molecule has 0 saturated carbocycles. The van der Waals surface area contributed by atoms with E-state index >= 15 is 0 Å². The third kappa shape index (κ3) is 1.97. The number of benzene rings is 2. The van der Waals surface area contributed by atoms with Gasteiger partial charge in [0.05, 0.1) is 5.69 Å². The monoisotopic (exact) mass is 252 g/mol. The van der Waals surface area contributed by atoms with Crippen LogP contribution in [-0.4, -0.2) is 11.8 Å². The highest BCUT2D eigenvalue weighted by atomic mass is 16.2. The quantitative estimate of drug-likeness (QED) is 0.829. The van der Waals surface area contributed by atoms with Crippen LogP contribution in [0.4, 0.5) is 5.69 Å². The lowest BCUT2D eigenvalue weighted by Gasteiger charge is -2.15. The standard InChI is InChI=1S/C15H12N2O2/c18-14-13(11-7-3-1-4-8-11)15(19)17(16-14)12-9-5-2-6-10-12/h1-10,13H,(H,16,18)/t13-/m0/s1. The molecule has 19 heavy (non-hydrogen) atoms. The Balaban J connectivity index is 1.94. The Bertz CT molecular complexity index is 611. The number of rotatable bonds is 2. The molecule has 2 amide bonds. The molecule has 0 radical (unpaired) electrons. The van der Waals surface area contributed by atoms with Gasteiger partial charge in [-0.25, -0.2) is 5.01 Å². The first-order chi connectivity index (χ1) is 9.27. The summed E-state index contributed by atoms with van der Waals surface area (Å²) >= 11 is 0. The maximum Gasteiger partial charge on any atom is 0.262 e. The van der Waals surface area contributed by atoms with Crippen LogP contribution in [0.3, 0.4) is 0 Å². The predicted molar refractivity (Wildman–Crippen MR) is 71.3 cm³/mol. The van der Waals surface area contributed by atoms with E-state index in [9.17, 15) is 9.59 Å². The molecule has 4 nitrogen and oxygen atoms in total. The zero-order valence-corrected chi connectivity index (χ0v) is 10.1. The summed E-state index contributed by atoms with van der Waals surface area (Å²) < 4.78 is 0. The molecule has 2 aromatic carbocycles. The topological polar surface area (TPSA) is 49.4 Å². The fourth-order valence-electron chi connectivity index (χ4n) is 2.18. The molecule has 1 saturated heterocycles. The summed E-state index contributed by atoms with van der Waals surface area (Å²) in [7, 11) is 0. The third-order valence-electron chi connectivity index (χ3n) is 3.10. The van der Waals surface area contributed by atoms with E-state index in [2.05, 4.69) is 5.43 Å². The molecule has 2 aromatic rings. The fraction of sp³-hybridized carbons (Fsp3) is 0.0667. The minimum atomic E-state index is -0.763. The van der Waals surface area contributed by atoms with Crippen LogP contribution < -0.4 is 10.4 Å². The van der Waals surface area contributed by atoms with E-state index in [4.69, 9.17) is 0 Å². The highest BCUT2D eigenvalue weighted by Crippen LogP contribution is 2.26. The smallest absolute Gasteiger partial charge is 0.262 e. The minimum Gasteiger partial charge on any atom is -0.272 e. The molecule has 0 aromatic heterocycles. The molecule has 94 valence electrons. The van der Waals surface area contributed by atoms with Crippen molar-refractivity contribution in [1.82, 2.24) is 5.43 Å². The second kappa shape index (κ2) is 4.57. The number of amides is 2. The number of hydrazine groups is 1. The van der Waals surface area contributed by atoms with Gasteiger partial charge in [0.2, 0.25) is 0 Å². The molecule has 1 fully saturated rings. The zero-order chi connectivity index (χ0) is 13.2. The van der Waals surface area contributed by atoms with E-state index in [1.807, 2.05) is 36.4 Å². The van der Waals surface area contributed by atoms with Gasteiger partial charge in [0, 0.05) is 0 Å². The van der Waals surface area contributed by atoms with Crippen molar-refractivity contribution in [2.24, 2.45) is 0 Å². The molecule has 1 aliphatic rings. The Labute approximate surface area is 110 Å². The van der Waals surface area contributed by atoms with E-state index in [0.717, 1.165) is 0 Å². The van der Waals surface area contributed by atoms with Crippen LogP contribution in [-0.2, 0) is 9.59 Å². The summed E-state index contributed by atoms with van der Waals surface area (Å²) in [4.78, 5) is 24.4. The average Bonchev–Trinajstić information content (AvgIpc) is 2.76. The highest BCUT2D eigenvalue weighted by Gasteiger charge is 2.40. The number of hydrogen-bond acceptors (Lipinski definition) is 2. The Kier molecular flexibility index (Phi) is 2.76. The van der Waals surface area contributed by atoms with Gasteiger partial charge in [-0.2, -0.15) is 0 Å². The van der Waals surface area contributed by atoms with E-state index < -0.39 is 5.92 Å². The fourth-order valence-corrected chi connectivity index (χ4v) is 2.18. The Hall–Kier alpha value is -2.62. The van der Waals surface area contributed by atoms with Crippen LogP contribution in [0.1, 0.15) is 11.5 Å². The molecular formula is C15H12N2O2. The largest absolute Gasteiger partial charge is 0.272 e. The molecular weight excluding hydrogens is 240 g/mol. The van der Waals surface area contributed by atoms with Crippen molar-refractivity contribution in [3.8, 4) is 0 Å². The minimum absolute atomic E-state index is 0.248. The maximum atomic E-state index is 12.4. The van der Waals surface area contributed by atoms with Crippen molar-refractivity contribution in [2.45, 2.75) is 5.92 Å². The molecule has 0 aliphatic carbocycles. The average molecular weight is 252 g/mol. The summed E-state index contributed by atoms with van der Waals surface area (Å²) in [5.74, 6) is -1.30. The molecule has 1 N–H and O–H groups in total. The van der Waals surface area contributed by atoms with Crippen LogP contribution in [0.25, 0.3) is 0 Å². The van der Waals surface area contributed by atoms with E-state index in [-0.39, 0.29) is 11.8 Å². The SMILES string of the molecule is O=C1NN(c2ccccc2)C(=O)[C@H]1c1ccccc1. The number of carbonyl (C=O) groups excluding carboxylic acids is 2. The van der Waals surface area contributed by atoms with Crippen LogP contribution in [0.15, 0.2) is 60.7 Å². The Morgan fingerprint density at radius 2 is 1.42 bits per heavy atom. The number of para-hydroxylation sites is 1.